The summed E-state index contributed by atoms with van der Waals surface area (Å²) in [5.41, 5.74) is 4.13. The molecule has 9 heteroatoms. The molecule has 4 aliphatic rings. The van der Waals surface area contributed by atoms with Gasteiger partial charge in [-0.05, 0) is 62.8 Å². The number of imide groups is 1. The van der Waals surface area contributed by atoms with Crippen molar-refractivity contribution in [1.82, 2.24) is 4.90 Å². The molecule has 3 aliphatic carbocycles. The number of benzene rings is 3. The van der Waals surface area contributed by atoms with Gasteiger partial charge in [-0.3, -0.25) is 19.3 Å². The molecule has 7 rings (SSSR count). The largest absolute Gasteiger partial charge is 0.324 e. The van der Waals surface area contributed by atoms with E-state index < -0.39 is 45.9 Å². The minimum Gasteiger partial charge on any atom is -0.324 e. The van der Waals surface area contributed by atoms with Gasteiger partial charge in [0.1, 0.15) is 16.3 Å². The van der Waals surface area contributed by atoms with Crippen molar-refractivity contribution in [2.24, 2.45) is 11.8 Å². The zero-order valence-corrected chi connectivity index (χ0v) is 22.7. The van der Waals surface area contributed by atoms with Crippen molar-refractivity contribution in [1.29, 1.82) is 0 Å². The molecule has 1 fully saturated rings. The topological polar surface area (TPSA) is 66.5 Å². The predicted molar refractivity (Wildman–Crippen MR) is 142 cm³/mol. The van der Waals surface area contributed by atoms with Gasteiger partial charge in [-0.1, -0.05) is 60.1 Å². The summed E-state index contributed by atoms with van der Waals surface area (Å²) in [5.74, 6) is -3.41. The lowest BCUT2D eigenvalue weighted by atomic mass is 9.54. The Balaban J connectivity index is 1.40. The van der Waals surface area contributed by atoms with Crippen LogP contribution in [0.1, 0.15) is 27.8 Å². The maximum Gasteiger partial charge on any atom is 0.244 e. The van der Waals surface area contributed by atoms with E-state index in [2.05, 4.69) is 21.2 Å². The maximum absolute atomic E-state index is 13.8. The first kappa shape index (κ1) is 24.0. The summed E-state index contributed by atoms with van der Waals surface area (Å²) >= 11 is 24.3. The van der Waals surface area contributed by atoms with E-state index >= 15 is 0 Å². The second-order valence-corrected chi connectivity index (χ2v) is 11.8. The van der Waals surface area contributed by atoms with Crippen molar-refractivity contribution < 1.29 is 14.4 Å². The van der Waals surface area contributed by atoms with Crippen LogP contribution < -0.4 is 5.32 Å². The first-order valence-corrected chi connectivity index (χ1v) is 13.2. The number of carbonyl (C=O) groups excluding carboxylic acids is 3. The maximum atomic E-state index is 13.8. The molecule has 3 aromatic carbocycles. The van der Waals surface area contributed by atoms with E-state index in [0.717, 1.165) is 10.5 Å². The fourth-order valence-electron chi connectivity index (χ4n) is 5.99. The van der Waals surface area contributed by atoms with Gasteiger partial charge in [0.15, 0.2) is 0 Å². The normalized spacial score (nSPS) is 27.5. The second-order valence-electron chi connectivity index (χ2n) is 9.36. The number of anilines is 1. The lowest BCUT2D eigenvalue weighted by molar-refractivity contribution is -0.142. The quantitative estimate of drug-likeness (QED) is 0.297. The first-order valence-electron chi connectivity index (χ1n) is 11.3. The monoisotopic (exact) mass is 602 g/mol. The molecule has 0 radical (unpaired) electrons. The van der Waals surface area contributed by atoms with Crippen LogP contribution in [-0.2, 0) is 24.1 Å². The molecule has 1 aliphatic heterocycles. The molecular weight excluding hydrogens is 587 g/mol. The van der Waals surface area contributed by atoms with Gasteiger partial charge in [0, 0.05) is 10.2 Å². The van der Waals surface area contributed by atoms with E-state index in [9.17, 15) is 14.4 Å². The van der Waals surface area contributed by atoms with Gasteiger partial charge in [0.25, 0.3) is 0 Å². The Hall–Kier alpha value is -2.38. The molecule has 3 aromatic rings. The SMILES string of the molecule is Cc1cc(Br)c(Cl)cc1NC(=O)CN1C(=O)[C@@H]2[C@H](C1=O)C1(Cl)c3ccccc3C2(Cl)c2ccccc21. The van der Waals surface area contributed by atoms with Gasteiger partial charge in [-0.15, -0.1) is 23.2 Å². The third kappa shape index (κ3) is 2.99. The number of nitrogens with one attached hydrogen (secondary N) is 1. The highest BCUT2D eigenvalue weighted by atomic mass is 79.9. The van der Waals surface area contributed by atoms with E-state index in [1.165, 1.54) is 0 Å². The van der Waals surface area contributed by atoms with Crippen molar-refractivity contribution in [2.45, 2.75) is 16.7 Å². The highest BCUT2D eigenvalue weighted by molar-refractivity contribution is 9.10. The minimum absolute atomic E-state index is 0.426. The average Bonchev–Trinajstić information content (AvgIpc) is 3.11. The van der Waals surface area contributed by atoms with Crippen LogP contribution in [0.2, 0.25) is 5.02 Å². The van der Waals surface area contributed by atoms with Crippen LogP contribution in [0.3, 0.4) is 0 Å². The summed E-state index contributed by atoms with van der Waals surface area (Å²) in [4.78, 5) is 39.1. The third-order valence-corrected chi connectivity index (χ3v) is 10.0. The number of alkyl halides is 2. The Kier molecular flexibility index (Phi) is 5.37. The summed E-state index contributed by atoms with van der Waals surface area (Å²) in [6.45, 7) is 1.36. The molecule has 3 amide bonds. The summed E-state index contributed by atoms with van der Waals surface area (Å²) in [7, 11) is 0. The van der Waals surface area contributed by atoms with Crippen LogP contribution >= 0.6 is 50.7 Å². The number of carbonyl (C=O) groups is 3. The van der Waals surface area contributed by atoms with Crippen molar-refractivity contribution in [2.75, 3.05) is 11.9 Å². The Morgan fingerprint density at radius 2 is 1.36 bits per heavy atom. The zero-order valence-electron chi connectivity index (χ0n) is 18.8. The third-order valence-electron chi connectivity index (χ3n) is 7.52. The van der Waals surface area contributed by atoms with Gasteiger partial charge in [0.2, 0.25) is 17.7 Å². The Bertz CT molecular complexity index is 1390. The molecule has 1 heterocycles. The molecule has 1 saturated heterocycles. The lowest BCUT2D eigenvalue weighted by Crippen LogP contribution is -2.57. The van der Waals surface area contributed by atoms with Gasteiger partial charge >= 0.3 is 0 Å². The minimum atomic E-state index is -1.28. The van der Waals surface area contributed by atoms with Crippen LogP contribution in [-0.4, -0.2) is 29.2 Å². The van der Waals surface area contributed by atoms with Gasteiger partial charge in [-0.25, -0.2) is 0 Å². The van der Waals surface area contributed by atoms with E-state index in [0.29, 0.717) is 37.4 Å². The van der Waals surface area contributed by atoms with Crippen LogP contribution in [0.15, 0.2) is 65.1 Å². The summed E-state index contributed by atoms with van der Waals surface area (Å²) in [6.07, 6.45) is 0. The average molecular weight is 605 g/mol. The molecule has 36 heavy (non-hydrogen) atoms. The molecule has 5 nitrogen and oxygen atoms in total. The fraction of sp³-hybridized carbons (Fsp3) is 0.222. The van der Waals surface area contributed by atoms with Gasteiger partial charge in [0.05, 0.1) is 16.9 Å². The predicted octanol–water partition coefficient (Wildman–Crippen LogP) is 5.94. The highest BCUT2D eigenvalue weighted by Crippen LogP contribution is 2.69. The first-order chi connectivity index (χ1) is 17.1. The Morgan fingerprint density at radius 3 is 1.81 bits per heavy atom. The molecule has 0 saturated carbocycles. The number of hydrogen-bond acceptors (Lipinski definition) is 3. The van der Waals surface area contributed by atoms with Crippen molar-refractivity contribution >= 4 is 74.1 Å². The Morgan fingerprint density at radius 1 is 0.917 bits per heavy atom. The molecule has 182 valence electrons. The number of nitrogens with zero attached hydrogens (tertiary/aromatic N) is 1. The van der Waals surface area contributed by atoms with E-state index in [1.54, 1.807) is 12.1 Å². The fourth-order valence-corrected chi connectivity index (χ4v) is 7.71. The lowest BCUT2D eigenvalue weighted by Gasteiger charge is -2.54. The second kappa shape index (κ2) is 8.06. The standard InChI is InChI=1S/C27H18BrCl3N2O3/c1-13-10-18(28)19(29)11-20(13)32-21(34)12-33-24(35)22-23(25(33)36)27(31)15-7-3-2-6-14(15)26(22,30)16-8-4-5-9-17(16)27/h2-11,22-23H,12H2,1H3,(H,32,34)/t22-,23+,26?,27?. The molecule has 0 aromatic heterocycles. The molecule has 2 atom stereocenters. The summed E-state index contributed by atoms with van der Waals surface area (Å²) in [5, 5.41) is 3.19. The van der Waals surface area contributed by atoms with E-state index in [1.807, 2.05) is 55.5 Å². The number of likely N-dealkylation sites (tertiary alicyclic amines) is 1. The van der Waals surface area contributed by atoms with Gasteiger partial charge < -0.3 is 5.32 Å². The molecule has 0 unspecified atom stereocenters. The van der Waals surface area contributed by atoms with Crippen LogP contribution in [0, 0.1) is 18.8 Å². The van der Waals surface area contributed by atoms with E-state index in [-0.39, 0.29) is 0 Å². The summed E-state index contributed by atoms with van der Waals surface area (Å²) in [6, 6.07) is 18.2. The zero-order chi connectivity index (χ0) is 25.6. The molecular formula is C27H18BrCl3N2O3. The molecule has 1 N–H and O–H groups in total. The van der Waals surface area contributed by atoms with Crippen LogP contribution in [0.4, 0.5) is 5.69 Å². The number of halogens is 4. The number of aryl methyl sites for hydroxylation is 1. The Labute approximate surface area is 230 Å². The van der Waals surface area contributed by atoms with Crippen molar-refractivity contribution in [3.8, 4) is 0 Å². The number of amides is 3. The molecule has 0 spiro atoms. The van der Waals surface area contributed by atoms with Crippen molar-refractivity contribution in [3.05, 3.63) is 98.0 Å². The van der Waals surface area contributed by atoms with Crippen LogP contribution in [0.5, 0.6) is 0 Å². The number of hydrogen-bond donors (Lipinski definition) is 1. The smallest absolute Gasteiger partial charge is 0.244 e. The van der Waals surface area contributed by atoms with Gasteiger partial charge in [-0.2, -0.15) is 0 Å². The highest BCUT2D eigenvalue weighted by Gasteiger charge is 2.73. The van der Waals surface area contributed by atoms with E-state index in [4.69, 9.17) is 34.8 Å². The summed E-state index contributed by atoms with van der Waals surface area (Å²) < 4.78 is 0.697. The molecule has 2 bridgehead atoms. The van der Waals surface area contributed by atoms with Crippen LogP contribution in [0.25, 0.3) is 0 Å². The number of rotatable bonds is 3. The van der Waals surface area contributed by atoms with Crippen molar-refractivity contribution in [3.63, 3.8) is 0 Å².